The maximum Gasteiger partial charge on any atom is 0.272 e. The number of hydrogen-bond donors (Lipinski definition) is 0. The second kappa shape index (κ2) is 8.61. The summed E-state index contributed by atoms with van der Waals surface area (Å²) >= 11 is 0. The first kappa shape index (κ1) is 19.5. The predicted molar refractivity (Wildman–Crippen MR) is 109 cm³/mol. The van der Waals surface area contributed by atoms with Gasteiger partial charge in [-0.3, -0.25) is 4.79 Å². The number of amides is 1. The summed E-state index contributed by atoms with van der Waals surface area (Å²) in [6.45, 7) is 5.21. The largest absolute Gasteiger partial charge is 0.497 e. The third kappa shape index (κ3) is 3.86. The van der Waals surface area contributed by atoms with Gasteiger partial charge in [-0.25, -0.2) is 4.68 Å². The molecule has 6 heteroatoms. The van der Waals surface area contributed by atoms with E-state index in [4.69, 9.17) is 14.6 Å². The summed E-state index contributed by atoms with van der Waals surface area (Å²) in [4.78, 5) is 14.9. The van der Waals surface area contributed by atoms with Crippen LogP contribution in [0.2, 0.25) is 0 Å². The fraction of sp³-hybridized carbons (Fsp3) is 0.273. The van der Waals surface area contributed by atoms with E-state index in [2.05, 4.69) is 0 Å². The van der Waals surface area contributed by atoms with Crippen LogP contribution in [0.1, 0.15) is 24.3 Å². The molecule has 0 spiro atoms. The minimum atomic E-state index is -0.0533. The molecule has 146 valence electrons. The molecule has 3 aromatic rings. The van der Waals surface area contributed by atoms with Gasteiger partial charge in [0.25, 0.3) is 5.91 Å². The molecule has 0 aliphatic carbocycles. The molecule has 0 unspecified atom stereocenters. The van der Waals surface area contributed by atoms with E-state index in [0.29, 0.717) is 24.5 Å². The minimum absolute atomic E-state index is 0.0533. The Hall–Kier alpha value is -3.28. The van der Waals surface area contributed by atoms with Gasteiger partial charge in [-0.2, -0.15) is 5.10 Å². The highest BCUT2D eigenvalue weighted by atomic mass is 16.5. The minimum Gasteiger partial charge on any atom is -0.497 e. The van der Waals surface area contributed by atoms with E-state index in [1.54, 1.807) is 23.8 Å². The number of aromatic nitrogens is 2. The highest BCUT2D eigenvalue weighted by Crippen LogP contribution is 2.26. The van der Waals surface area contributed by atoms with Crippen LogP contribution in [0.25, 0.3) is 16.9 Å². The molecule has 0 aliphatic rings. The SMILES string of the molecule is CCN(CC)C(=O)c1cc(-c2cccc(OC)c2)nn1-c1ccc(OC)cc1. The fourth-order valence-corrected chi connectivity index (χ4v) is 3.05. The first-order valence-electron chi connectivity index (χ1n) is 9.29. The van der Waals surface area contributed by atoms with Gasteiger partial charge in [-0.1, -0.05) is 12.1 Å². The Kier molecular flexibility index (Phi) is 5.99. The Morgan fingerprint density at radius 1 is 0.964 bits per heavy atom. The molecule has 28 heavy (non-hydrogen) atoms. The Bertz CT molecular complexity index is 944. The topological polar surface area (TPSA) is 56.6 Å². The molecule has 0 saturated carbocycles. The summed E-state index contributed by atoms with van der Waals surface area (Å²) in [6.07, 6.45) is 0. The van der Waals surface area contributed by atoms with Gasteiger partial charge in [0, 0.05) is 18.7 Å². The van der Waals surface area contributed by atoms with E-state index >= 15 is 0 Å². The molecular weight excluding hydrogens is 354 g/mol. The van der Waals surface area contributed by atoms with Crippen LogP contribution in [0.5, 0.6) is 11.5 Å². The number of ether oxygens (including phenoxy) is 2. The Morgan fingerprint density at radius 2 is 1.64 bits per heavy atom. The molecule has 0 bridgehead atoms. The summed E-state index contributed by atoms with van der Waals surface area (Å²) in [5.41, 5.74) is 2.92. The molecule has 2 aromatic carbocycles. The number of rotatable bonds is 7. The monoisotopic (exact) mass is 379 g/mol. The van der Waals surface area contributed by atoms with Crippen molar-refractivity contribution in [2.24, 2.45) is 0 Å². The van der Waals surface area contributed by atoms with Crippen molar-refractivity contribution in [1.82, 2.24) is 14.7 Å². The van der Waals surface area contributed by atoms with Crippen LogP contribution >= 0.6 is 0 Å². The van der Waals surface area contributed by atoms with Gasteiger partial charge >= 0.3 is 0 Å². The van der Waals surface area contributed by atoms with Crippen LogP contribution in [-0.2, 0) is 0 Å². The molecule has 3 rings (SSSR count). The summed E-state index contributed by atoms with van der Waals surface area (Å²) in [5.74, 6) is 1.44. The third-order valence-electron chi connectivity index (χ3n) is 4.66. The lowest BCUT2D eigenvalue weighted by atomic mass is 10.1. The summed E-state index contributed by atoms with van der Waals surface area (Å²) < 4.78 is 12.2. The number of hydrogen-bond acceptors (Lipinski definition) is 4. The Morgan fingerprint density at radius 3 is 2.25 bits per heavy atom. The van der Waals surface area contributed by atoms with Crippen molar-refractivity contribution in [2.45, 2.75) is 13.8 Å². The second-order valence-corrected chi connectivity index (χ2v) is 6.23. The standard InChI is InChI=1S/C22H25N3O3/c1-5-24(6-2)22(26)21-15-20(16-8-7-9-19(14-16)28-4)23-25(21)17-10-12-18(27-3)13-11-17/h7-15H,5-6H2,1-4H3. The van der Waals surface area contributed by atoms with Gasteiger partial charge in [0.2, 0.25) is 0 Å². The van der Waals surface area contributed by atoms with Gasteiger partial charge < -0.3 is 14.4 Å². The van der Waals surface area contributed by atoms with Crippen molar-refractivity contribution in [3.8, 4) is 28.4 Å². The van der Waals surface area contributed by atoms with E-state index < -0.39 is 0 Å². The third-order valence-corrected chi connectivity index (χ3v) is 4.66. The number of benzene rings is 2. The summed E-state index contributed by atoms with van der Waals surface area (Å²) in [6, 6.07) is 17.0. The predicted octanol–water partition coefficient (Wildman–Crippen LogP) is 4.04. The number of methoxy groups -OCH3 is 2. The Balaban J connectivity index is 2.12. The van der Waals surface area contributed by atoms with E-state index in [9.17, 15) is 4.79 Å². The average molecular weight is 379 g/mol. The lowest BCUT2D eigenvalue weighted by Crippen LogP contribution is -2.32. The van der Waals surface area contributed by atoms with Crippen molar-refractivity contribution >= 4 is 5.91 Å². The molecule has 0 aliphatic heterocycles. The maximum absolute atomic E-state index is 13.1. The highest BCUT2D eigenvalue weighted by molar-refractivity contribution is 5.94. The molecule has 1 amide bonds. The van der Waals surface area contributed by atoms with Gasteiger partial charge in [-0.15, -0.1) is 0 Å². The second-order valence-electron chi connectivity index (χ2n) is 6.23. The van der Waals surface area contributed by atoms with Crippen molar-refractivity contribution in [1.29, 1.82) is 0 Å². The first-order chi connectivity index (χ1) is 13.6. The van der Waals surface area contributed by atoms with Gasteiger partial charge in [-0.05, 0) is 56.3 Å². The van der Waals surface area contributed by atoms with E-state index in [0.717, 1.165) is 22.7 Å². The van der Waals surface area contributed by atoms with Crippen LogP contribution in [0.4, 0.5) is 0 Å². The van der Waals surface area contributed by atoms with Crippen LogP contribution in [0.15, 0.2) is 54.6 Å². The molecule has 0 fully saturated rings. The van der Waals surface area contributed by atoms with Crippen LogP contribution in [0.3, 0.4) is 0 Å². The van der Waals surface area contributed by atoms with E-state index in [1.165, 1.54) is 0 Å². The number of carbonyl (C=O) groups excluding carboxylic acids is 1. The fourth-order valence-electron chi connectivity index (χ4n) is 3.05. The molecule has 0 N–H and O–H groups in total. The zero-order valence-corrected chi connectivity index (χ0v) is 16.7. The number of nitrogens with zero attached hydrogens (tertiary/aromatic N) is 3. The lowest BCUT2D eigenvalue weighted by Gasteiger charge is -2.19. The van der Waals surface area contributed by atoms with Crippen molar-refractivity contribution in [3.63, 3.8) is 0 Å². The zero-order chi connectivity index (χ0) is 20.1. The molecule has 0 radical (unpaired) electrons. The van der Waals surface area contributed by atoms with Crippen molar-refractivity contribution < 1.29 is 14.3 Å². The maximum atomic E-state index is 13.1. The van der Waals surface area contributed by atoms with Gasteiger partial charge in [0.15, 0.2) is 0 Å². The van der Waals surface area contributed by atoms with E-state index in [-0.39, 0.29) is 5.91 Å². The smallest absolute Gasteiger partial charge is 0.272 e. The first-order valence-corrected chi connectivity index (χ1v) is 9.29. The Labute approximate surface area is 165 Å². The zero-order valence-electron chi connectivity index (χ0n) is 16.7. The molecule has 1 heterocycles. The van der Waals surface area contributed by atoms with Gasteiger partial charge in [0.1, 0.15) is 17.2 Å². The highest BCUT2D eigenvalue weighted by Gasteiger charge is 2.21. The van der Waals surface area contributed by atoms with Crippen LogP contribution in [-0.4, -0.2) is 47.9 Å². The van der Waals surface area contributed by atoms with E-state index in [1.807, 2.05) is 68.4 Å². The van der Waals surface area contributed by atoms with Gasteiger partial charge in [0.05, 0.1) is 25.6 Å². The molecular formula is C22H25N3O3. The molecule has 0 saturated heterocycles. The molecule has 6 nitrogen and oxygen atoms in total. The van der Waals surface area contributed by atoms with Crippen LogP contribution < -0.4 is 9.47 Å². The summed E-state index contributed by atoms with van der Waals surface area (Å²) in [5, 5.41) is 4.73. The van der Waals surface area contributed by atoms with Crippen molar-refractivity contribution in [2.75, 3.05) is 27.3 Å². The average Bonchev–Trinajstić information content (AvgIpc) is 3.20. The molecule has 1 aromatic heterocycles. The summed E-state index contributed by atoms with van der Waals surface area (Å²) in [7, 11) is 3.25. The number of carbonyl (C=O) groups is 1. The quantitative estimate of drug-likeness (QED) is 0.622. The normalized spacial score (nSPS) is 10.6. The van der Waals surface area contributed by atoms with Crippen molar-refractivity contribution in [3.05, 3.63) is 60.3 Å². The van der Waals surface area contributed by atoms with Crippen LogP contribution in [0, 0.1) is 0 Å². The molecule has 0 atom stereocenters. The lowest BCUT2D eigenvalue weighted by molar-refractivity contribution is 0.0764.